The van der Waals surface area contributed by atoms with Crippen LogP contribution in [-0.4, -0.2) is 220 Å². The lowest BCUT2D eigenvalue weighted by molar-refractivity contribution is -0.174. The Labute approximate surface area is 472 Å². The Balaban J connectivity index is 1.37. The Bertz CT molecular complexity index is 2220. The van der Waals surface area contributed by atoms with Crippen molar-refractivity contribution in [2.45, 2.75) is 167 Å². The highest BCUT2D eigenvalue weighted by Crippen LogP contribution is 2.36. The molecule has 2 saturated carbocycles. The van der Waals surface area contributed by atoms with Crippen molar-refractivity contribution in [2.24, 2.45) is 29.6 Å². The van der Waals surface area contributed by atoms with E-state index in [4.69, 9.17) is 28.4 Å². The number of carbonyl (C=O) groups is 8. The second-order valence-corrected chi connectivity index (χ2v) is 23.1. The summed E-state index contributed by atoms with van der Waals surface area (Å²) < 4.78 is 34.5. The van der Waals surface area contributed by atoms with E-state index in [1.807, 2.05) is 41.7 Å². The first-order valence-electron chi connectivity index (χ1n) is 28.7. The summed E-state index contributed by atoms with van der Waals surface area (Å²) in [5.74, 6) is -6.15. The number of likely N-dealkylation sites (N-methyl/N-ethyl adjacent to an activating group) is 4. The largest absolute Gasteiger partial charge is 0.479 e. The molecule has 1 aromatic rings. The summed E-state index contributed by atoms with van der Waals surface area (Å²) in [6.45, 7) is 16.8. The molecule has 450 valence electrons. The molecule has 0 aromatic carbocycles. The lowest BCUT2D eigenvalue weighted by Crippen LogP contribution is -2.55. The van der Waals surface area contributed by atoms with Gasteiger partial charge in [-0.2, -0.15) is 0 Å². The normalized spacial score (nSPS) is 19.7. The Hall–Kier alpha value is -5.49. The van der Waals surface area contributed by atoms with Crippen molar-refractivity contribution in [1.82, 2.24) is 35.2 Å². The molecule has 1 aromatic heterocycles. The minimum Gasteiger partial charge on any atom is -0.479 e. The van der Waals surface area contributed by atoms with Crippen molar-refractivity contribution >= 4 is 53.4 Å². The molecule has 0 radical (unpaired) electrons. The second kappa shape index (κ2) is 31.1. The van der Waals surface area contributed by atoms with E-state index in [1.165, 1.54) is 39.9 Å². The van der Waals surface area contributed by atoms with Crippen LogP contribution in [0.15, 0.2) is 18.3 Å². The number of carbonyl (C=O) groups excluding carboxylic acids is 7. The number of nitrogens with one attached hydrogen (secondary N) is 2. The zero-order valence-electron chi connectivity index (χ0n) is 49.4. The molecule has 0 bridgehead atoms. The van der Waals surface area contributed by atoms with Crippen molar-refractivity contribution in [3.8, 4) is 0 Å². The van der Waals surface area contributed by atoms with Crippen LogP contribution < -0.4 is 15.5 Å². The van der Waals surface area contributed by atoms with Crippen LogP contribution in [0.3, 0.4) is 0 Å². The van der Waals surface area contributed by atoms with Gasteiger partial charge in [0.05, 0.1) is 32.6 Å². The number of anilines is 1. The predicted molar refractivity (Wildman–Crippen MR) is 295 cm³/mol. The van der Waals surface area contributed by atoms with Crippen LogP contribution in [0.1, 0.15) is 112 Å². The zero-order valence-corrected chi connectivity index (χ0v) is 49.4. The topological polar surface area (TPSA) is 265 Å². The van der Waals surface area contributed by atoms with Gasteiger partial charge in [-0.3, -0.25) is 24.1 Å². The quantitative estimate of drug-likeness (QED) is 0.0692. The second-order valence-electron chi connectivity index (χ2n) is 23.1. The molecule has 3 N–H and O–H groups in total. The summed E-state index contributed by atoms with van der Waals surface area (Å²) in [7, 11) is 7.75. The molecular formula is C57H92N8O15. The fourth-order valence-electron chi connectivity index (χ4n) is 10.3. The maximum Gasteiger partial charge on any atom is 0.344 e. The molecule has 10 atom stereocenters. The molecule has 4 fully saturated rings. The van der Waals surface area contributed by atoms with Crippen molar-refractivity contribution in [2.75, 3.05) is 92.7 Å². The average molecular weight is 1130 g/mol. The van der Waals surface area contributed by atoms with E-state index >= 15 is 0 Å². The summed E-state index contributed by atoms with van der Waals surface area (Å²) >= 11 is 0. The average Bonchev–Trinajstić information content (AvgIpc) is 4.42. The maximum atomic E-state index is 14.8. The van der Waals surface area contributed by atoms with Gasteiger partial charge in [0.1, 0.15) is 30.0 Å². The van der Waals surface area contributed by atoms with Gasteiger partial charge in [-0.05, 0) is 101 Å². The van der Waals surface area contributed by atoms with E-state index in [1.54, 1.807) is 25.4 Å². The molecule has 2 aliphatic heterocycles. The number of hydrogen-bond acceptors (Lipinski definition) is 19. The van der Waals surface area contributed by atoms with Gasteiger partial charge in [-0.15, -0.1) is 0 Å². The number of carboxylic acid groups (broad SMARTS) is 1. The lowest BCUT2D eigenvalue weighted by atomic mass is 9.96. The minimum absolute atomic E-state index is 0.0463. The summed E-state index contributed by atoms with van der Waals surface area (Å²) in [5, 5.41) is 15.9. The van der Waals surface area contributed by atoms with Gasteiger partial charge >= 0.3 is 29.8 Å². The summed E-state index contributed by atoms with van der Waals surface area (Å²) in [4.78, 5) is 125. The molecule has 80 heavy (non-hydrogen) atoms. The van der Waals surface area contributed by atoms with E-state index in [0.717, 1.165) is 35.5 Å². The molecule has 5 rings (SSSR count). The monoisotopic (exact) mass is 1130 g/mol. The fourth-order valence-corrected chi connectivity index (χ4v) is 10.3. The number of hydrogen-bond donors (Lipinski definition) is 3. The van der Waals surface area contributed by atoms with Crippen molar-refractivity contribution in [3.05, 3.63) is 23.9 Å². The van der Waals surface area contributed by atoms with Crippen LogP contribution in [0, 0.1) is 29.6 Å². The molecule has 23 heteroatoms. The van der Waals surface area contributed by atoms with Crippen LogP contribution in [0.2, 0.25) is 0 Å². The summed E-state index contributed by atoms with van der Waals surface area (Å²) in [6.07, 6.45) is 0.143. The number of aromatic nitrogens is 1. The first-order valence-corrected chi connectivity index (χ1v) is 28.7. The molecule has 2 aliphatic carbocycles. The molecule has 4 aliphatic rings. The number of rotatable bonds is 32. The van der Waals surface area contributed by atoms with Gasteiger partial charge in [-0.1, -0.05) is 66.4 Å². The van der Waals surface area contributed by atoms with Crippen molar-refractivity contribution in [3.63, 3.8) is 0 Å². The SMILES string of the molecule is CN[C@@H](CC1CC1)C(=O)O[C@H](CC(C)[C@H](NC)N1CCOCC1)C(=O)N(C)[C@@H](CC(C)C)C(=O)O[C@H](C)C(=O)N(C)[C@@H](CC1CC1)C(=O)O[C@H](Cc1ccc(N2CCOCC2)nc1)C(=O)N(C)[C@@H](CC(C)C)C(=O)O[C@H](C)C(=O)O. The highest BCUT2D eigenvalue weighted by molar-refractivity contribution is 5.93. The third kappa shape index (κ3) is 19.3. The van der Waals surface area contributed by atoms with Crippen LogP contribution >= 0.6 is 0 Å². The number of esters is 4. The Morgan fingerprint density at radius 2 is 1.10 bits per heavy atom. The Morgan fingerprint density at radius 1 is 0.613 bits per heavy atom. The van der Waals surface area contributed by atoms with Crippen molar-refractivity contribution in [1.29, 1.82) is 0 Å². The van der Waals surface area contributed by atoms with E-state index in [-0.39, 0.29) is 61.9 Å². The predicted octanol–water partition coefficient (Wildman–Crippen LogP) is 2.90. The first-order chi connectivity index (χ1) is 37.9. The maximum absolute atomic E-state index is 14.8. The standard InChI is InChI=1S/C57H92N8O15/c1-34(2)27-43(62(11)51(67)46(79-54(71)42(58-8)30-39-13-14-39)29-36(5)49(59-9)65-21-25-76-26-22-65)55(72)77-37(6)50(66)61(10)45(31-40-15-16-40)57(74)80-47(32-41-17-18-48(60-33-41)64-19-23-75-24-20-64)52(68)63(12)44(28-35(3)4)56(73)78-38(7)53(69)70/h17-18,33-40,42-47,49,58-59H,13-16,19-32H2,1-12H3,(H,69,70)/t36?,37-,38-,42+,43+,44+,45+,46-,47-,49-/m1/s1. The minimum atomic E-state index is -1.55. The van der Waals surface area contributed by atoms with Gasteiger partial charge in [0, 0.05) is 59.9 Å². The number of amides is 3. The van der Waals surface area contributed by atoms with Crippen molar-refractivity contribution < 1.29 is 71.9 Å². The van der Waals surface area contributed by atoms with E-state index in [2.05, 4.69) is 25.4 Å². The first kappa shape index (κ1) is 65.3. The van der Waals surface area contributed by atoms with Crippen LogP contribution in [0.25, 0.3) is 0 Å². The molecular weight excluding hydrogens is 1040 g/mol. The molecule has 1 unspecified atom stereocenters. The third-order valence-electron chi connectivity index (χ3n) is 15.6. The highest BCUT2D eigenvalue weighted by atomic mass is 16.6. The molecule has 3 heterocycles. The summed E-state index contributed by atoms with van der Waals surface area (Å²) in [6, 6.07) is -0.777. The van der Waals surface area contributed by atoms with Crippen LogP contribution in [0.5, 0.6) is 0 Å². The summed E-state index contributed by atoms with van der Waals surface area (Å²) in [5.41, 5.74) is 0.525. The lowest BCUT2D eigenvalue weighted by Gasteiger charge is -2.39. The van der Waals surface area contributed by atoms with Gasteiger partial charge in [-0.25, -0.2) is 24.2 Å². The van der Waals surface area contributed by atoms with Gasteiger partial charge in [0.2, 0.25) is 0 Å². The van der Waals surface area contributed by atoms with Crippen LogP contribution in [0.4, 0.5) is 5.82 Å². The third-order valence-corrected chi connectivity index (χ3v) is 15.6. The number of nitrogens with zero attached hydrogens (tertiary/aromatic N) is 6. The van der Waals surface area contributed by atoms with Gasteiger partial charge in [0.15, 0.2) is 24.4 Å². The molecule has 0 spiro atoms. The van der Waals surface area contributed by atoms with E-state index in [0.29, 0.717) is 76.3 Å². The smallest absolute Gasteiger partial charge is 0.344 e. The van der Waals surface area contributed by atoms with Gasteiger partial charge < -0.3 is 63.8 Å². The van der Waals surface area contributed by atoms with Crippen LogP contribution in [-0.2, 0) is 73.2 Å². The fraction of sp³-hybridized carbons (Fsp3) is 0.772. The Kier molecular flexibility index (Phi) is 25.4. The highest BCUT2D eigenvalue weighted by Gasteiger charge is 2.43. The molecule has 23 nitrogen and oxygen atoms in total. The molecule has 3 amide bonds. The van der Waals surface area contributed by atoms with E-state index < -0.39 is 96.2 Å². The van der Waals surface area contributed by atoms with E-state index in [9.17, 15) is 43.5 Å². The number of aliphatic carboxylic acids is 1. The number of pyridine rings is 1. The number of morpholine rings is 2. The number of carboxylic acids is 1. The Morgan fingerprint density at radius 3 is 1.59 bits per heavy atom. The molecule has 2 saturated heterocycles. The van der Waals surface area contributed by atoms with Gasteiger partial charge in [0.25, 0.3) is 17.7 Å². The zero-order chi connectivity index (χ0) is 59.0. The number of ether oxygens (including phenoxy) is 6.